The number of amides is 1. The Hall–Kier alpha value is -1.93. The van der Waals surface area contributed by atoms with Gasteiger partial charge in [-0.25, -0.2) is 0 Å². The van der Waals surface area contributed by atoms with Gasteiger partial charge < -0.3 is 5.32 Å². The number of hydrogen-bond acceptors (Lipinski definition) is 4. The number of piperidine rings is 1. The zero-order valence-electron chi connectivity index (χ0n) is 14.9. The molecule has 3 rings (SSSR count). The third kappa shape index (κ3) is 4.58. The second kappa shape index (κ2) is 8.44. The van der Waals surface area contributed by atoms with Crippen LogP contribution >= 0.6 is 0 Å². The Bertz CT molecular complexity index is 606. The lowest BCUT2D eigenvalue weighted by atomic mass is 9.78. The normalized spacial score (nSPS) is 25.2. The minimum atomic E-state index is -0.594. The summed E-state index contributed by atoms with van der Waals surface area (Å²) in [7, 11) is 0. The molecule has 0 bridgehead atoms. The zero-order chi connectivity index (χ0) is 17.5. The van der Waals surface area contributed by atoms with Crippen LogP contribution in [0.4, 0.5) is 0 Å². The van der Waals surface area contributed by atoms with Crippen LogP contribution in [0, 0.1) is 17.2 Å². The molecule has 1 saturated carbocycles. The van der Waals surface area contributed by atoms with Crippen molar-refractivity contribution in [2.45, 2.75) is 50.4 Å². The fourth-order valence-electron chi connectivity index (χ4n) is 4.19. The number of nitriles is 1. The number of carbonyl (C=O) groups excluding carboxylic acids is 1. The van der Waals surface area contributed by atoms with E-state index in [1.807, 2.05) is 18.2 Å². The summed E-state index contributed by atoms with van der Waals surface area (Å²) in [5.74, 6) is 0.728. The van der Waals surface area contributed by atoms with Crippen LogP contribution in [-0.4, -0.2) is 42.0 Å². The fourth-order valence-corrected chi connectivity index (χ4v) is 4.19. The first-order valence-corrected chi connectivity index (χ1v) is 9.54. The molecule has 1 aliphatic carbocycles. The zero-order valence-corrected chi connectivity index (χ0v) is 14.9. The molecule has 1 amide bonds. The second-order valence-electron chi connectivity index (χ2n) is 7.53. The van der Waals surface area contributed by atoms with Crippen molar-refractivity contribution in [3.8, 4) is 6.07 Å². The van der Waals surface area contributed by atoms with Gasteiger partial charge in [-0.05, 0) is 50.3 Å². The van der Waals surface area contributed by atoms with Gasteiger partial charge >= 0.3 is 0 Å². The standard InChI is InChI=1S/C20H28N4O/c21-15-20(18-9-4-5-11-22-18)10-6-12-24(16-20)14-19(25)23-13-17-7-2-1-3-8-17/h4-5,9,11,17H,1-3,6-8,10,12-14,16H2,(H,23,25). The third-order valence-corrected chi connectivity index (χ3v) is 5.62. The Kier molecular flexibility index (Phi) is 6.04. The van der Waals surface area contributed by atoms with Gasteiger partial charge in [-0.2, -0.15) is 5.26 Å². The lowest BCUT2D eigenvalue weighted by Gasteiger charge is -2.37. The van der Waals surface area contributed by atoms with E-state index >= 15 is 0 Å². The molecule has 1 aromatic rings. The second-order valence-corrected chi connectivity index (χ2v) is 7.53. The largest absolute Gasteiger partial charge is 0.355 e. The van der Waals surface area contributed by atoms with E-state index in [9.17, 15) is 10.1 Å². The van der Waals surface area contributed by atoms with Crippen molar-refractivity contribution in [2.24, 2.45) is 5.92 Å². The topological polar surface area (TPSA) is 69.0 Å². The maximum atomic E-state index is 12.3. The highest BCUT2D eigenvalue weighted by atomic mass is 16.2. The van der Waals surface area contributed by atoms with E-state index < -0.39 is 5.41 Å². The van der Waals surface area contributed by atoms with E-state index in [-0.39, 0.29) is 5.91 Å². The number of pyridine rings is 1. The molecule has 134 valence electrons. The molecular weight excluding hydrogens is 312 g/mol. The van der Waals surface area contributed by atoms with Gasteiger partial charge in [0, 0.05) is 19.3 Å². The Balaban J connectivity index is 1.54. The summed E-state index contributed by atoms with van der Waals surface area (Å²) in [5, 5.41) is 12.9. The summed E-state index contributed by atoms with van der Waals surface area (Å²) in [4.78, 5) is 18.9. The Labute approximate surface area is 150 Å². The van der Waals surface area contributed by atoms with Crippen molar-refractivity contribution in [1.29, 1.82) is 5.26 Å². The number of likely N-dealkylation sites (tertiary alicyclic amines) is 1. The monoisotopic (exact) mass is 340 g/mol. The Morgan fingerprint density at radius 1 is 1.32 bits per heavy atom. The van der Waals surface area contributed by atoms with Gasteiger partial charge in [0.1, 0.15) is 5.41 Å². The lowest BCUT2D eigenvalue weighted by Crippen LogP contribution is -2.49. The van der Waals surface area contributed by atoms with Gasteiger partial charge in [0.05, 0.1) is 18.3 Å². The van der Waals surface area contributed by atoms with E-state index in [1.165, 1.54) is 32.1 Å². The molecule has 2 heterocycles. The molecular formula is C20H28N4O. The van der Waals surface area contributed by atoms with E-state index in [0.29, 0.717) is 19.0 Å². The molecule has 1 aromatic heterocycles. The number of hydrogen-bond donors (Lipinski definition) is 1. The Morgan fingerprint density at radius 3 is 2.88 bits per heavy atom. The predicted octanol–water partition coefficient (Wildman–Crippen LogP) is 2.64. The molecule has 1 atom stereocenters. The lowest BCUT2D eigenvalue weighted by molar-refractivity contribution is -0.122. The van der Waals surface area contributed by atoms with Crippen LogP contribution in [0.15, 0.2) is 24.4 Å². The highest BCUT2D eigenvalue weighted by Crippen LogP contribution is 2.32. The van der Waals surface area contributed by atoms with E-state index in [1.54, 1.807) is 6.20 Å². The van der Waals surface area contributed by atoms with Crippen molar-refractivity contribution in [2.75, 3.05) is 26.2 Å². The summed E-state index contributed by atoms with van der Waals surface area (Å²) in [6.45, 7) is 2.63. The van der Waals surface area contributed by atoms with Gasteiger partial charge in [0.2, 0.25) is 5.91 Å². The van der Waals surface area contributed by atoms with Gasteiger partial charge in [0.15, 0.2) is 0 Å². The van der Waals surface area contributed by atoms with Crippen molar-refractivity contribution in [1.82, 2.24) is 15.2 Å². The Morgan fingerprint density at radius 2 is 2.16 bits per heavy atom. The summed E-state index contributed by atoms with van der Waals surface area (Å²) >= 11 is 0. The first-order valence-electron chi connectivity index (χ1n) is 9.54. The van der Waals surface area contributed by atoms with Gasteiger partial charge in [-0.15, -0.1) is 0 Å². The number of aromatic nitrogens is 1. The van der Waals surface area contributed by atoms with E-state index in [4.69, 9.17) is 0 Å². The van der Waals surface area contributed by atoms with Gasteiger partial charge in [-0.1, -0.05) is 25.3 Å². The first kappa shape index (κ1) is 17.9. The van der Waals surface area contributed by atoms with E-state index in [2.05, 4.69) is 21.3 Å². The van der Waals surface area contributed by atoms with E-state index in [0.717, 1.165) is 31.6 Å². The summed E-state index contributed by atoms with van der Waals surface area (Å²) in [6.07, 6.45) is 9.86. The van der Waals surface area contributed by atoms with Crippen LogP contribution in [0.5, 0.6) is 0 Å². The molecule has 2 fully saturated rings. The maximum absolute atomic E-state index is 12.3. The molecule has 1 saturated heterocycles. The summed E-state index contributed by atoms with van der Waals surface area (Å²) < 4.78 is 0. The predicted molar refractivity (Wildman–Crippen MR) is 96.8 cm³/mol. The smallest absolute Gasteiger partial charge is 0.234 e. The quantitative estimate of drug-likeness (QED) is 0.894. The summed E-state index contributed by atoms with van der Waals surface area (Å²) in [6, 6.07) is 8.21. The first-order chi connectivity index (χ1) is 12.2. The molecule has 0 spiro atoms. The molecule has 0 aromatic carbocycles. The van der Waals surface area contributed by atoms with Crippen LogP contribution in [0.2, 0.25) is 0 Å². The van der Waals surface area contributed by atoms with Gasteiger partial charge in [-0.3, -0.25) is 14.7 Å². The maximum Gasteiger partial charge on any atom is 0.234 e. The van der Waals surface area contributed by atoms with Crippen molar-refractivity contribution < 1.29 is 4.79 Å². The van der Waals surface area contributed by atoms with Crippen LogP contribution < -0.4 is 5.32 Å². The third-order valence-electron chi connectivity index (χ3n) is 5.62. The van der Waals surface area contributed by atoms with Crippen LogP contribution in [-0.2, 0) is 10.2 Å². The van der Waals surface area contributed by atoms with Crippen molar-refractivity contribution >= 4 is 5.91 Å². The number of nitrogens with zero attached hydrogens (tertiary/aromatic N) is 3. The molecule has 1 aliphatic heterocycles. The van der Waals surface area contributed by atoms with Crippen molar-refractivity contribution in [3.05, 3.63) is 30.1 Å². The molecule has 5 heteroatoms. The molecule has 1 N–H and O–H groups in total. The molecule has 25 heavy (non-hydrogen) atoms. The van der Waals surface area contributed by atoms with Crippen LogP contribution in [0.1, 0.15) is 50.6 Å². The molecule has 1 unspecified atom stereocenters. The minimum Gasteiger partial charge on any atom is -0.355 e. The highest BCUT2D eigenvalue weighted by molar-refractivity contribution is 5.78. The van der Waals surface area contributed by atoms with Gasteiger partial charge in [0.25, 0.3) is 0 Å². The SMILES string of the molecule is N#CC1(c2ccccn2)CCCN(CC(=O)NCC2CCCCC2)C1. The molecule has 2 aliphatic rings. The number of nitrogens with one attached hydrogen (secondary N) is 1. The summed E-state index contributed by atoms with van der Waals surface area (Å²) in [5.41, 5.74) is 0.230. The fraction of sp³-hybridized carbons (Fsp3) is 0.650. The molecule has 0 radical (unpaired) electrons. The van der Waals surface area contributed by atoms with Crippen molar-refractivity contribution in [3.63, 3.8) is 0 Å². The van der Waals surface area contributed by atoms with Crippen LogP contribution in [0.25, 0.3) is 0 Å². The molecule has 5 nitrogen and oxygen atoms in total. The highest BCUT2D eigenvalue weighted by Gasteiger charge is 2.39. The number of carbonyl (C=O) groups is 1. The average Bonchev–Trinajstić information content (AvgIpc) is 2.68. The van der Waals surface area contributed by atoms with Crippen LogP contribution in [0.3, 0.4) is 0 Å². The minimum absolute atomic E-state index is 0.0836. The number of rotatable bonds is 5. The average molecular weight is 340 g/mol.